The first-order valence-electron chi connectivity index (χ1n) is 2.52. The van der Waals surface area contributed by atoms with Crippen LogP contribution < -0.4 is 0 Å². The summed E-state index contributed by atoms with van der Waals surface area (Å²) in [5, 5.41) is 0. The molecule has 0 fully saturated rings. The minimum absolute atomic E-state index is 0.400. The minimum atomic E-state index is 0.400. The molecule has 0 aromatic carbocycles. The summed E-state index contributed by atoms with van der Waals surface area (Å²) >= 11 is 0. The van der Waals surface area contributed by atoms with Crippen LogP contribution in [0.5, 0.6) is 0 Å². The SMILES string of the molecule is CC[C@@H](C)C=C=O. The van der Waals surface area contributed by atoms with Crippen molar-refractivity contribution in [2.75, 3.05) is 0 Å². The summed E-state index contributed by atoms with van der Waals surface area (Å²) < 4.78 is 0. The second kappa shape index (κ2) is 3.63. The van der Waals surface area contributed by atoms with E-state index >= 15 is 0 Å². The number of hydrogen-bond donors (Lipinski definition) is 0. The molecule has 0 N–H and O–H groups in total. The fourth-order valence-electron chi connectivity index (χ4n) is 0.234. The fourth-order valence-corrected chi connectivity index (χ4v) is 0.234. The third-order valence-electron chi connectivity index (χ3n) is 0.997. The highest BCUT2D eigenvalue weighted by Gasteiger charge is 1.87. The van der Waals surface area contributed by atoms with Gasteiger partial charge in [0, 0.05) is 6.08 Å². The lowest BCUT2D eigenvalue weighted by Gasteiger charge is -1.92. The Hall–Kier alpha value is -0.550. The molecule has 0 unspecified atom stereocenters. The summed E-state index contributed by atoms with van der Waals surface area (Å²) in [6.07, 6.45) is 2.56. The summed E-state index contributed by atoms with van der Waals surface area (Å²) in [6.45, 7) is 4.03. The zero-order valence-corrected chi connectivity index (χ0v) is 4.77. The maximum absolute atomic E-state index is 9.59. The summed E-state index contributed by atoms with van der Waals surface area (Å²) in [5.74, 6) is 2.14. The molecule has 1 nitrogen and oxygen atoms in total. The molecule has 40 valence electrons. The molecule has 0 saturated heterocycles. The molecule has 0 aliphatic carbocycles. The highest BCUT2D eigenvalue weighted by Crippen LogP contribution is 1.97. The van der Waals surface area contributed by atoms with Gasteiger partial charge in [0.25, 0.3) is 0 Å². The van der Waals surface area contributed by atoms with Crippen molar-refractivity contribution in [3.8, 4) is 0 Å². The summed E-state index contributed by atoms with van der Waals surface area (Å²) in [6, 6.07) is 0. The van der Waals surface area contributed by atoms with E-state index in [1.807, 2.05) is 13.8 Å². The van der Waals surface area contributed by atoms with Gasteiger partial charge in [-0.2, -0.15) is 0 Å². The highest BCUT2D eigenvalue weighted by atomic mass is 16.1. The van der Waals surface area contributed by atoms with Crippen LogP contribution in [0, 0.1) is 5.92 Å². The van der Waals surface area contributed by atoms with Gasteiger partial charge in [-0.05, 0) is 12.3 Å². The predicted octanol–water partition coefficient (Wildman–Crippen LogP) is 1.42. The van der Waals surface area contributed by atoms with E-state index in [1.165, 1.54) is 0 Å². The van der Waals surface area contributed by atoms with Crippen LogP contribution in [0.1, 0.15) is 20.3 Å². The Balaban J connectivity index is 3.35. The van der Waals surface area contributed by atoms with Crippen LogP contribution in [0.15, 0.2) is 6.08 Å². The van der Waals surface area contributed by atoms with E-state index < -0.39 is 0 Å². The van der Waals surface area contributed by atoms with E-state index in [9.17, 15) is 4.79 Å². The first-order chi connectivity index (χ1) is 3.31. The standard InChI is InChI=1S/C6H10O/c1-3-6(2)4-5-7/h4,6H,3H2,1-2H3/t6-/m1/s1. The van der Waals surface area contributed by atoms with Gasteiger partial charge in [0.15, 0.2) is 0 Å². The lowest BCUT2D eigenvalue weighted by molar-refractivity contribution is 0.564. The van der Waals surface area contributed by atoms with Gasteiger partial charge >= 0.3 is 0 Å². The van der Waals surface area contributed by atoms with E-state index in [2.05, 4.69) is 0 Å². The summed E-state index contributed by atoms with van der Waals surface area (Å²) in [4.78, 5) is 9.59. The van der Waals surface area contributed by atoms with Crippen LogP contribution in [0.25, 0.3) is 0 Å². The van der Waals surface area contributed by atoms with Gasteiger partial charge in [0.1, 0.15) is 5.94 Å². The molecule has 0 saturated carbocycles. The molecule has 7 heavy (non-hydrogen) atoms. The number of rotatable bonds is 2. The molecule has 0 aliphatic rings. The molecule has 0 spiro atoms. The molecule has 0 rings (SSSR count). The van der Waals surface area contributed by atoms with E-state index in [0.717, 1.165) is 6.42 Å². The highest BCUT2D eigenvalue weighted by molar-refractivity contribution is 5.45. The van der Waals surface area contributed by atoms with Gasteiger partial charge in [-0.1, -0.05) is 13.8 Å². The van der Waals surface area contributed by atoms with Crippen molar-refractivity contribution in [3.63, 3.8) is 0 Å². The maximum Gasteiger partial charge on any atom is 0.120 e. The molecular weight excluding hydrogens is 88.1 g/mol. The van der Waals surface area contributed by atoms with Crippen molar-refractivity contribution >= 4 is 5.94 Å². The van der Waals surface area contributed by atoms with Crippen LogP contribution in [-0.2, 0) is 4.79 Å². The third kappa shape index (κ3) is 3.28. The Labute approximate surface area is 44.0 Å². The Morgan fingerprint density at radius 1 is 1.86 bits per heavy atom. The maximum atomic E-state index is 9.59. The second-order valence-electron chi connectivity index (χ2n) is 1.67. The Bertz CT molecular complexity index is 80.2. The van der Waals surface area contributed by atoms with Crippen molar-refractivity contribution in [2.45, 2.75) is 20.3 Å². The first kappa shape index (κ1) is 6.45. The number of hydrogen-bond acceptors (Lipinski definition) is 1. The second-order valence-corrected chi connectivity index (χ2v) is 1.67. The average molecular weight is 98.1 g/mol. The van der Waals surface area contributed by atoms with Gasteiger partial charge in [-0.25, -0.2) is 4.79 Å². The van der Waals surface area contributed by atoms with Crippen LogP contribution >= 0.6 is 0 Å². The van der Waals surface area contributed by atoms with Gasteiger partial charge in [0.2, 0.25) is 0 Å². The van der Waals surface area contributed by atoms with Gasteiger partial charge in [-0.15, -0.1) is 0 Å². The Kier molecular flexibility index (Phi) is 3.35. The molecule has 0 aromatic heterocycles. The monoisotopic (exact) mass is 98.1 g/mol. The fraction of sp³-hybridized carbons (Fsp3) is 0.667. The van der Waals surface area contributed by atoms with E-state index in [4.69, 9.17) is 0 Å². The number of carbonyl (C=O) groups excluding carboxylic acids is 1. The lowest BCUT2D eigenvalue weighted by atomic mass is 10.1. The van der Waals surface area contributed by atoms with Crippen molar-refractivity contribution in [1.29, 1.82) is 0 Å². The average Bonchev–Trinajstić information content (AvgIpc) is 1.68. The van der Waals surface area contributed by atoms with Crippen LogP contribution in [-0.4, -0.2) is 5.94 Å². The quantitative estimate of drug-likeness (QED) is 0.477. The molecule has 0 bridgehead atoms. The van der Waals surface area contributed by atoms with Gasteiger partial charge < -0.3 is 0 Å². The summed E-state index contributed by atoms with van der Waals surface area (Å²) in [5.41, 5.74) is 0. The molecular formula is C6H10O. The van der Waals surface area contributed by atoms with Crippen LogP contribution in [0.4, 0.5) is 0 Å². The molecule has 1 atom stereocenters. The molecule has 0 radical (unpaired) electrons. The lowest BCUT2D eigenvalue weighted by Crippen LogP contribution is -1.82. The molecule has 0 amide bonds. The first-order valence-corrected chi connectivity index (χ1v) is 2.52. The molecule has 1 heteroatoms. The Morgan fingerprint density at radius 3 is 2.57 bits per heavy atom. The third-order valence-corrected chi connectivity index (χ3v) is 0.997. The van der Waals surface area contributed by atoms with Crippen molar-refractivity contribution in [3.05, 3.63) is 6.08 Å². The predicted molar refractivity (Wildman–Crippen MR) is 29.7 cm³/mol. The van der Waals surface area contributed by atoms with Crippen LogP contribution in [0.2, 0.25) is 0 Å². The van der Waals surface area contributed by atoms with Gasteiger partial charge in [-0.3, -0.25) is 0 Å². The van der Waals surface area contributed by atoms with E-state index in [-0.39, 0.29) is 0 Å². The Morgan fingerprint density at radius 2 is 2.43 bits per heavy atom. The molecule has 0 heterocycles. The summed E-state index contributed by atoms with van der Waals surface area (Å²) in [7, 11) is 0. The van der Waals surface area contributed by atoms with Crippen molar-refractivity contribution in [1.82, 2.24) is 0 Å². The smallest absolute Gasteiger partial charge is 0.120 e. The minimum Gasteiger partial charge on any atom is -0.234 e. The van der Waals surface area contributed by atoms with E-state index in [0.29, 0.717) is 5.92 Å². The topological polar surface area (TPSA) is 17.1 Å². The number of allylic oxidation sites excluding steroid dienone is 1. The zero-order valence-electron chi connectivity index (χ0n) is 4.77. The van der Waals surface area contributed by atoms with Crippen molar-refractivity contribution < 1.29 is 4.79 Å². The van der Waals surface area contributed by atoms with Crippen molar-refractivity contribution in [2.24, 2.45) is 5.92 Å². The van der Waals surface area contributed by atoms with E-state index in [1.54, 1.807) is 12.0 Å². The van der Waals surface area contributed by atoms with Gasteiger partial charge in [0.05, 0.1) is 0 Å². The van der Waals surface area contributed by atoms with Crippen LogP contribution in [0.3, 0.4) is 0 Å². The zero-order chi connectivity index (χ0) is 5.70. The normalized spacial score (nSPS) is 12.3. The molecule has 0 aromatic rings. The largest absolute Gasteiger partial charge is 0.234 e. The molecule has 0 aliphatic heterocycles.